The van der Waals surface area contributed by atoms with Gasteiger partial charge in [0.25, 0.3) is 0 Å². The average Bonchev–Trinajstić information content (AvgIpc) is 3.30. The van der Waals surface area contributed by atoms with Gasteiger partial charge in [0.15, 0.2) is 0 Å². The van der Waals surface area contributed by atoms with Crippen LogP contribution in [0.5, 0.6) is 0 Å². The Morgan fingerprint density at radius 2 is 0.864 bits per heavy atom. The smallest absolute Gasteiger partial charge is 0.328 e. The third kappa shape index (κ3) is 46.5. The molecular formula is C57H96N2O7. The molecule has 0 aromatic carbocycles. The number of aliphatic carboxylic acids is 1. The van der Waals surface area contributed by atoms with Crippen molar-refractivity contribution in [3.63, 3.8) is 0 Å². The number of carboxylic acids is 1. The number of aliphatic hydroxyl groups is 1. The van der Waals surface area contributed by atoms with E-state index in [0.717, 1.165) is 128 Å². The molecule has 0 heterocycles. The van der Waals surface area contributed by atoms with E-state index in [2.05, 4.69) is 110 Å². The molecule has 9 nitrogen and oxygen atoms in total. The standard InChI is InChI=1S/C57H96N2O7/c1-3-5-7-9-11-13-15-17-19-20-21-22-23-24-25-26-28-30-32-34-36-41-45-49-56(63)66-52(46-42-38-35-33-31-29-27-18-16-14-12-10-8-6-4-2)47-43-39-37-40-44-48-54(61)58-50-55(62)59-53(51-60)57(64)65/h5,7,11,13,16-19,21-22,24-25,29,31,52-53,60H,3-4,6,8-10,12,14-15,20,23,26-28,30,32-51H2,1-2H3,(H,58,61)(H,59,62)(H,64,65)/b7-5-,13-11-,18-16-,19-17-,22-21-,25-24-,31-29-. The van der Waals surface area contributed by atoms with Gasteiger partial charge in [0.05, 0.1) is 13.2 Å². The molecule has 0 rings (SSSR count). The molecule has 2 amide bonds. The number of carbonyl (C=O) groups excluding carboxylic acids is 3. The Morgan fingerprint density at radius 3 is 1.32 bits per heavy atom. The molecule has 0 aliphatic heterocycles. The summed E-state index contributed by atoms with van der Waals surface area (Å²) in [5, 5.41) is 22.6. The molecule has 66 heavy (non-hydrogen) atoms. The van der Waals surface area contributed by atoms with E-state index < -0.39 is 24.5 Å². The lowest BCUT2D eigenvalue weighted by atomic mass is 10.0. The summed E-state index contributed by atoms with van der Waals surface area (Å²) in [6.45, 7) is 3.36. The molecule has 0 radical (unpaired) electrons. The van der Waals surface area contributed by atoms with Crippen LogP contribution in [0, 0.1) is 0 Å². The van der Waals surface area contributed by atoms with Crippen molar-refractivity contribution in [1.82, 2.24) is 10.6 Å². The summed E-state index contributed by atoms with van der Waals surface area (Å²) in [5.41, 5.74) is 0. The van der Waals surface area contributed by atoms with Crippen LogP contribution in [0.1, 0.15) is 226 Å². The van der Waals surface area contributed by atoms with Crippen LogP contribution < -0.4 is 10.6 Å². The lowest BCUT2D eigenvalue weighted by Gasteiger charge is -2.18. The van der Waals surface area contributed by atoms with Crippen molar-refractivity contribution in [2.75, 3.05) is 13.2 Å². The highest BCUT2D eigenvalue weighted by molar-refractivity contribution is 5.87. The van der Waals surface area contributed by atoms with Crippen molar-refractivity contribution >= 4 is 23.8 Å². The Kier molecular flexibility index (Phi) is 47.4. The predicted molar refractivity (Wildman–Crippen MR) is 277 cm³/mol. The van der Waals surface area contributed by atoms with Gasteiger partial charge in [-0.3, -0.25) is 14.4 Å². The van der Waals surface area contributed by atoms with Crippen LogP contribution in [-0.2, 0) is 23.9 Å². The molecule has 9 heteroatoms. The fourth-order valence-corrected chi connectivity index (χ4v) is 7.36. The van der Waals surface area contributed by atoms with Gasteiger partial charge in [-0.05, 0) is 116 Å². The van der Waals surface area contributed by atoms with Crippen LogP contribution in [0.4, 0.5) is 0 Å². The summed E-state index contributed by atoms with van der Waals surface area (Å²) >= 11 is 0. The Labute approximate surface area is 403 Å². The van der Waals surface area contributed by atoms with Gasteiger partial charge in [-0.1, -0.05) is 182 Å². The quantitative estimate of drug-likeness (QED) is 0.0270. The SMILES string of the molecule is CC/C=C\C/C=C\C/C=C\C/C=C\C/C=C\CCCCCCCCCC(=O)OC(CCCCC/C=C\C/C=C\CCCCCCC)CCCCCCCC(=O)NCC(=O)NC(CO)C(=O)O. The van der Waals surface area contributed by atoms with Gasteiger partial charge >= 0.3 is 11.9 Å². The van der Waals surface area contributed by atoms with Crippen molar-refractivity contribution < 1.29 is 34.1 Å². The fraction of sp³-hybridized carbons (Fsp3) is 0.684. The molecule has 0 aliphatic rings. The Morgan fingerprint density at radius 1 is 0.470 bits per heavy atom. The number of esters is 1. The number of unbranched alkanes of at least 4 members (excludes halogenated alkanes) is 19. The monoisotopic (exact) mass is 921 g/mol. The van der Waals surface area contributed by atoms with Crippen LogP contribution in [0.3, 0.4) is 0 Å². The molecule has 0 aromatic heterocycles. The Bertz CT molecular complexity index is 1380. The van der Waals surface area contributed by atoms with E-state index in [-0.39, 0.29) is 30.9 Å². The third-order valence-corrected chi connectivity index (χ3v) is 11.4. The zero-order valence-corrected chi connectivity index (χ0v) is 41.9. The van der Waals surface area contributed by atoms with E-state index in [4.69, 9.17) is 14.9 Å². The first-order valence-electron chi connectivity index (χ1n) is 26.5. The molecule has 0 saturated heterocycles. The highest BCUT2D eigenvalue weighted by Gasteiger charge is 2.19. The fourth-order valence-electron chi connectivity index (χ4n) is 7.36. The number of hydrogen-bond acceptors (Lipinski definition) is 6. The van der Waals surface area contributed by atoms with Crippen LogP contribution in [0.2, 0.25) is 0 Å². The van der Waals surface area contributed by atoms with Gasteiger partial charge in [-0.2, -0.15) is 0 Å². The summed E-state index contributed by atoms with van der Waals surface area (Å²) in [6.07, 6.45) is 66.1. The summed E-state index contributed by atoms with van der Waals surface area (Å²) < 4.78 is 6.06. The first-order chi connectivity index (χ1) is 32.3. The van der Waals surface area contributed by atoms with Gasteiger partial charge in [-0.25, -0.2) is 4.79 Å². The van der Waals surface area contributed by atoms with E-state index in [0.29, 0.717) is 12.8 Å². The molecular weight excluding hydrogens is 825 g/mol. The lowest BCUT2D eigenvalue weighted by molar-refractivity contribution is -0.150. The molecule has 2 atom stereocenters. The first-order valence-corrected chi connectivity index (χ1v) is 26.5. The largest absolute Gasteiger partial charge is 0.480 e. The van der Waals surface area contributed by atoms with E-state index in [9.17, 15) is 19.2 Å². The van der Waals surface area contributed by atoms with Gasteiger partial charge in [-0.15, -0.1) is 0 Å². The second-order valence-corrected chi connectivity index (χ2v) is 17.6. The molecule has 0 aliphatic carbocycles. The number of carboxylic acid groups (broad SMARTS) is 1. The van der Waals surface area contributed by atoms with Crippen LogP contribution in [0.25, 0.3) is 0 Å². The van der Waals surface area contributed by atoms with E-state index in [1.807, 2.05) is 0 Å². The molecule has 0 bridgehead atoms. The topological polar surface area (TPSA) is 142 Å². The number of allylic oxidation sites excluding steroid dienone is 14. The van der Waals surface area contributed by atoms with Gasteiger partial charge in [0.1, 0.15) is 12.1 Å². The van der Waals surface area contributed by atoms with Crippen molar-refractivity contribution in [1.29, 1.82) is 0 Å². The van der Waals surface area contributed by atoms with Gasteiger partial charge < -0.3 is 25.6 Å². The minimum Gasteiger partial charge on any atom is -0.480 e. The van der Waals surface area contributed by atoms with Crippen molar-refractivity contribution in [3.8, 4) is 0 Å². The molecule has 0 saturated carbocycles. The third-order valence-electron chi connectivity index (χ3n) is 11.4. The summed E-state index contributed by atoms with van der Waals surface area (Å²) in [6, 6.07) is -1.39. The summed E-state index contributed by atoms with van der Waals surface area (Å²) in [4.78, 5) is 47.9. The summed E-state index contributed by atoms with van der Waals surface area (Å²) in [7, 11) is 0. The number of nitrogens with one attached hydrogen (secondary N) is 2. The molecule has 2 unspecified atom stereocenters. The number of ether oxygens (including phenoxy) is 1. The highest BCUT2D eigenvalue weighted by Crippen LogP contribution is 2.18. The van der Waals surface area contributed by atoms with E-state index in [1.165, 1.54) is 64.2 Å². The zero-order chi connectivity index (χ0) is 48.2. The number of rotatable bonds is 47. The molecule has 0 fully saturated rings. The summed E-state index contributed by atoms with van der Waals surface area (Å²) in [5.74, 6) is -2.33. The van der Waals surface area contributed by atoms with Crippen molar-refractivity contribution in [3.05, 3.63) is 85.1 Å². The van der Waals surface area contributed by atoms with Crippen LogP contribution >= 0.6 is 0 Å². The lowest BCUT2D eigenvalue weighted by Crippen LogP contribution is -2.47. The van der Waals surface area contributed by atoms with Gasteiger partial charge in [0.2, 0.25) is 11.8 Å². The first kappa shape index (κ1) is 62.0. The highest BCUT2D eigenvalue weighted by atomic mass is 16.5. The Hall–Kier alpha value is -3.98. The second-order valence-electron chi connectivity index (χ2n) is 17.6. The van der Waals surface area contributed by atoms with Gasteiger partial charge in [0, 0.05) is 12.8 Å². The number of amides is 2. The number of aliphatic hydroxyl groups excluding tert-OH is 1. The molecule has 376 valence electrons. The number of carbonyl (C=O) groups is 4. The molecule has 0 spiro atoms. The maximum Gasteiger partial charge on any atom is 0.328 e. The minimum atomic E-state index is -1.39. The maximum atomic E-state index is 12.9. The minimum absolute atomic E-state index is 0.0494. The predicted octanol–water partition coefficient (Wildman–Crippen LogP) is 14.4. The average molecular weight is 921 g/mol. The van der Waals surface area contributed by atoms with Crippen molar-refractivity contribution in [2.24, 2.45) is 0 Å². The normalized spacial score (nSPS) is 13.1. The van der Waals surface area contributed by atoms with E-state index in [1.54, 1.807) is 0 Å². The Balaban J connectivity index is 4.36. The molecule has 0 aromatic rings. The number of hydrogen-bond donors (Lipinski definition) is 4. The zero-order valence-electron chi connectivity index (χ0n) is 41.9. The van der Waals surface area contributed by atoms with E-state index >= 15 is 0 Å². The second kappa shape index (κ2) is 50.4. The molecule has 4 N–H and O–H groups in total. The van der Waals surface area contributed by atoms with Crippen LogP contribution in [-0.4, -0.2) is 59.3 Å². The maximum absolute atomic E-state index is 12.9. The van der Waals surface area contributed by atoms with Crippen LogP contribution in [0.15, 0.2) is 85.1 Å². The van der Waals surface area contributed by atoms with Crippen molar-refractivity contribution in [2.45, 2.75) is 238 Å².